The van der Waals surface area contributed by atoms with Gasteiger partial charge in [-0.2, -0.15) is 0 Å². The highest BCUT2D eigenvalue weighted by Gasteiger charge is 2.28. The Morgan fingerprint density at radius 1 is 0.276 bits per heavy atom. The molecule has 5 N–H and O–H groups in total. The molecule has 456 valence electrons. The van der Waals surface area contributed by atoms with Gasteiger partial charge in [0, 0.05) is 0 Å². The Bertz CT molecular complexity index is 1070. The van der Waals surface area contributed by atoms with Crippen molar-refractivity contribution in [2.24, 2.45) is 0 Å². The summed E-state index contributed by atoms with van der Waals surface area (Å²) in [5.74, 6) is -0.573. The van der Waals surface area contributed by atoms with E-state index in [9.17, 15) is 25.2 Å². The van der Waals surface area contributed by atoms with Gasteiger partial charge in [-0.25, -0.2) is 0 Å². The van der Waals surface area contributed by atoms with E-state index in [0.29, 0.717) is 12.8 Å². The highest BCUT2D eigenvalue weighted by Crippen LogP contribution is 2.20. The second kappa shape index (κ2) is 65.1. The summed E-state index contributed by atoms with van der Waals surface area (Å²) in [4.78, 5) is 12.7. The minimum Gasteiger partial charge on any atom is -0.394 e. The van der Waals surface area contributed by atoms with Gasteiger partial charge in [0.05, 0.1) is 18.8 Å². The first kappa shape index (κ1) is 75.3. The van der Waals surface area contributed by atoms with Crippen LogP contribution in [0.2, 0.25) is 0 Å². The van der Waals surface area contributed by atoms with Crippen LogP contribution >= 0.6 is 0 Å². The number of rotatable bonds is 67. The molecule has 0 radical (unpaired) electrons. The van der Waals surface area contributed by atoms with E-state index in [2.05, 4.69) is 19.2 Å². The molecular formula is C70H141NO5. The average molecular weight is 1080 g/mol. The van der Waals surface area contributed by atoms with E-state index in [4.69, 9.17) is 0 Å². The molecule has 4 unspecified atom stereocenters. The van der Waals surface area contributed by atoms with Crippen molar-refractivity contribution >= 4 is 5.91 Å². The standard InChI is InChI=1S/C70H141NO5/c1-3-5-7-9-11-13-15-17-19-21-23-25-27-28-29-30-31-32-33-34-35-36-37-38-39-40-41-42-44-46-48-50-52-54-56-58-60-62-64-68(74)70(76)71-66(65-72)69(75)67(73)63-61-59-57-55-53-51-49-47-45-43-26-24-22-20-18-16-14-12-10-8-6-4-2/h66-69,72-75H,3-65H2,1-2H3,(H,71,76). The topological polar surface area (TPSA) is 110 Å². The van der Waals surface area contributed by atoms with Gasteiger partial charge >= 0.3 is 0 Å². The Labute approximate surface area is 477 Å². The first-order valence-corrected chi connectivity index (χ1v) is 35.4. The van der Waals surface area contributed by atoms with Crippen LogP contribution in [0, 0.1) is 0 Å². The molecule has 6 heteroatoms. The highest BCUT2D eigenvalue weighted by atomic mass is 16.3. The summed E-state index contributed by atoms with van der Waals surface area (Å²) >= 11 is 0. The zero-order valence-corrected chi connectivity index (χ0v) is 52.1. The fourth-order valence-corrected chi connectivity index (χ4v) is 11.8. The fraction of sp³-hybridized carbons (Fsp3) is 0.986. The minimum atomic E-state index is -1.26. The average Bonchev–Trinajstić information content (AvgIpc) is 3.42. The molecule has 4 atom stereocenters. The molecule has 0 aliphatic carbocycles. The molecule has 0 aliphatic rings. The van der Waals surface area contributed by atoms with Crippen LogP contribution < -0.4 is 5.32 Å². The molecule has 0 heterocycles. The van der Waals surface area contributed by atoms with Crippen molar-refractivity contribution in [3.8, 4) is 0 Å². The second-order valence-electron chi connectivity index (χ2n) is 25.0. The molecule has 6 nitrogen and oxygen atoms in total. The van der Waals surface area contributed by atoms with E-state index in [1.54, 1.807) is 0 Å². The van der Waals surface area contributed by atoms with Crippen LogP contribution in [-0.2, 0) is 4.79 Å². The monoisotopic (exact) mass is 1080 g/mol. The number of nitrogens with one attached hydrogen (secondary N) is 1. The molecule has 0 aromatic rings. The summed E-state index contributed by atoms with van der Waals surface area (Å²) in [5.41, 5.74) is 0. The zero-order chi connectivity index (χ0) is 55.1. The predicted octanol–water partition coefficient (Wildman–Crippen LogP) is 21.8. The Hall–Kier alpha value is -0.690. The molecule has 0 rings (SSSR count). The lowest BCUT2D eigenvalue weighted by Crippen LogP contribution is -2.53. The quantitative estimate of drug-likeness (QED) is 0.0390. The first-order valence-electron chi connectivity index (χ1n) is 35.4. The highest BCUT2D eigenvalue weighted by molar-refractivity contribution is 5.80. The first-order chi connectivity index (χ1) is 37.5. The summed E-state index contributed by atoms with van der Waals surface area (Å²) in [5, 5.41) is 44.2. The van der Waals surface area contributed by atoms with Crippen molar-refractivity contribution in [1.29, 1.82) is 0 Å². The van der Waals surface area contributed by atoms with Gasteiger partial charge in [-0.1, -0.05) is 399 Å². The fourth-order valence-electron chi connectivity index (χ4n) is 11.8. The summed E-state index contributed by atoms with van der Waals surface area (Å²) < 4.78 is 0. The van der Waals surface area contributed by atoms with E-state index in [1.165, 1.54) is 347 Å². The number of hydrogen-bond donors (Lipinski definition) is 5. The van der Waals surface area contributed by atoms with E-state index in [1.807, 2.05) is 0 Å². The number of aliphatic hydroxyl groups is 4. The van der Waals surface area contributed by atoms with Gasteiger partial charge < -0.3 is 25.7 Å². The van der Waals surface area contributed by atoms with Crippen LogP contribution in [0.4, 0.5) is 0 Å². The van der Waals surface area contributed by atoms with E-state index >= 15 is 0 Å². The summed E-state index contributed by atoms with van der Waals surface area (Å²) in [7, 11) is 0. The SMILES string of the molecule is CCCCCCCCCCCCCCCCCCCCCCCCCCCCCCCCCCCCCCCCC(O)C(=O)NC(CO)C(O)C(O)CCCCCCCCCCCCCCCCCCCCCCCC. The number of hydrogen-bond acceptors (Lipinski definition) is 5. The minimum absolute atomic E-state index is 0.377. The van der Waals surface area contributed by atoms with Gasteiger partial charge in [-0.15, -0.1) is 0 Å². The Balaban J connectivity index is 3.47. The van der Waals surface area contributed by atoms with Crippen molar-refractivity contribution in [3.05, 3.63) is 0 Å². The van der Waals surface area contributed by atoms with Crippen molar-refractivity contribution in [1.82, 2.24) is 5.32 Å². The van der Waals surface area contributed by atoms with Gasteiger partial charge in [-0.3, -0.25) is 4.79 Å². The zero-order valence-electron chi connectivity index (χ0n) is 52.1. The maximum Gasteiger partial charge on any atom is 0.249 e. The third kappa shape index (κ3) is 58.0. The van der Waals surface area contributed by atoms with Crippen LogP contribution in [0.15, 0.2) is 0 Å². The maximum atomic E-state index is 12.7. The lowest BCUT2D eigenvalue weighted by Gasteiger charge is -2.27. The second-order valence-corrected chi connectivity index (χ2v) is 25.0. The molecule has 0 saturated heterocycles. The summed E-state index contributed by atoms with van der Waals surface area (Å²) in [6.45, 7) is 4.12. The van der Waals surface area contributed by atoms with Crippen LogP contribution in [0.1, 0.15) is 412 Å². The predicted molar refractivity (Wildman–Crippen MR) is 335 cm³/mol. The van der Waals surface area contributed by atoms with Crippen LogP contribution in [0.25, 0.3) is 0 Å². The van der Waals surface area contributed by atoms with E-state index < -0.39 is 36.9 Å². The number of amides is 1. The van der Waals surface area contributed by atoms with Gasteiger partial charge in [0.25, 0.3) is 0 Å². The Morgan fingerprint density at radius 2 is 0.447 bits per heavy atom. The number of aliphatic hydroxyl groups excluding tert-OH is 4. The Kier molecular flexibility index (Phi) is 64.5. The third-order valence-electron chi connectivity index (χ3n) is 17.3. The maximum absolute atomic E-state index is 12.7. The largest absolute Gasteiger partial charge is 0.394 e. The van der Waals surface area contributed by atoms with Crippen molar-refractivity contribution in [2.75, 3.05) is 6.61 Å². The van der Waals surface area contributed by atoms with E-state index in [0.717, 1.165) is 38.5 Å². The molecular weight excluding hydrogens is 935 g/mol. The molecule has 0 aromatic heterocycles. The molecule has 0 aromatic carbocycles. The molecule has 1 amide bonds. The molecule has 0 saturated carbocycles. The lowest BCUT2D eigenvalue weighted by molar-refractivity contribution is -0.132. The lowest BCUT2D eigenvalue weighted by atomic mass is 9.99. The molecule has 0 fully saturated rings. The van der Waals surface area contributed by atoms with Gasteiger partial charge in [-0.05, 0) is 12.8 Å². The van der Waals surface area contributed by atoms with Crippen molar-refractivity contribution < 1.29 is 25.2 Å². The van der Waals surface area contributed by atoms with Crippen LogP contribution in [0.5, 0.6) is 0 Å². The number of carbonyl (C=O) groups excluding carboxylic acids is 1. The molecule has 0 bridgehead atoms. The normalized spacial score (nSPS) is 13.4. The van der Waals surface area contributed by atoms with Crippen molar-refractivity contribution in [3.63, 3.8) is 0 Å². The molecule has 0 aliphatic heterocycles. The van der Waals surface area contributed by atoms with Gasteiger partial charge in [0.2, 0.25) is 5.91 Å². The van der Waals surface area contributed by atoms with E-state index in [-0.39, 0.29) is 0 Å². The third-order valence-corrected chi connectivity index (χ3v) is 17.3. The smallest absolute Gasteiger partial charge is 0.249 e. The summed E-state index contributed by atoms with van der Waals surface area (Å²) in [6, 6.07) is -0.982. The van der Waals surface area contributed by atoms with Crippen molar-refractivity contribution in [2.45, 2.75) is 436 Å². The molecule has 0 spiro atoms. The number of unbranched alkanes of at least 4 members (excludes halogenated alkanes) is 58. The van der Waals surface area contributed by atoms with Gasteiger partial charge in [0.1, 0.15) is 12.2 Å². The summed E-state index contributed by atoms with van der Waals surface area (Å²) in [6.07, 6.45) is 79.6. The van der Waals surface area contributed by atoms with Gasteiger partial charge in [0.15, 0.2) is 0 Å². The molecule has 76 heavy (non-hydrogen) atoms. The van der Waals surface area contributed by atoms with Crippen LogP contribution in [-0.4, -0.2) is 57.3 Å². The number of carbonyl (C=O) groups is 1. The van der Waals surface area contributed by atoms with Crippen LogP contribution in [0.3, 0.4) is 0 Å². The Morgan fingerprint density at radius 3 is 0.632 bits per heavy atom.